The molecule has 1 fully saturated rings. The lowest BCUT2D eigenvalue weighted by atomic mass is 9.79. The molecule has 0 radical (unpaired) electrons. The summed E-state index contributed by atoms with van der Waals surface area (Å²) in [4.78, 5) is 16.6. The maximum atomic E-state index is 11.9. The van der Waals surface area contributed by atoms with Crippen LogP contribution in [-0.4, -0.2) is 27.7 Å². The topological polar surface area (TPSA) is 93.2 Å². The number of nitrogens with two attached hydrogens (primary N) is 1. The van der Waals surface area contributed by atoms with Crippen LogP contribution in [0.25, 0.3) is 0 Å². The molecule has 2 aromatic carbocycles. The minimum atomic E-state index is -0.822. The normalized spacial score (nSPS) is 18.5. The van der Waals surface area contributed by atoms with E-state index >= 15 is 0 Å². The van der Waals surface area contributed by atoms with Crippen molar-refractivity contribution in [2.45, 2.75) is 78.2 Å². The molecule has 4 rings (SSSR count). The molecule has 6 nitrogen and oxygen atoms in total. The molecule has 1 aliphatic carbocycles. The number of carboxylic acid groups (broad SMARTS) is 1. The van der Waals surface area contributed by atoms with Crippen molar-refractivity contribution in [2.75, 3.05) is 18.1 Å². The van der Waals surface area contributed by atoms with E-state index in [1.807, 2.05) is 32.3 Å². The van der Waals surface area contributed by atoms with Crippen LogP contribution in [0.5, 0.6) is 0 Å². The number of nitrogen functional groups attached to an aromatic ring is 1. The van der Waals surface area contributed by atoms with Crippen LogP contribution < -0.4 is 11.1 Å². The summed E-state index contributed by atoms with van der Waals surface area (Å²) >= 11 is 0. The van der Waals surface area contributed by atoms with Crippen LogP contribution in [0.3, 0.4) is 0 Å². The lowest BCUT2D eigenvalue weighted by molar-refractivity contribution is -0.137. The van der Waals surface area contributed by atoms with Crippen LogP contribution in [0.4, 0.5) is 11.4 Å². The molecule has 1 aromatic heterocycles. The number of aryl methyl sites for hydroxylation is 1. The number of nitrogens with zero attached hydrogens (tertiary/aromatic N) is 2. The first-order chi connectivity index (χ1) is 17.8. The van der Waals surface area contributed by atoms with Gasteiger partial charge in [-0.25, -0.2) is 4.98 Å². The third kappa shape index (κ3) is 6.17. The summed E-state index contributed by atoms with van der Waals surface area (Å²) in [5.41, 5.74) is 13.2. The number of aliphatic carboxylic acids is 1. The van der Waals surface area contributed by atoms with Gasteiger partial charge in [0.15, 0.2) is 0 Å². The number of hydrogen-bond acceptors (Lipinski definition) is 4. The molecule has 0 spiro atoms. The monoisotopic (exact) mass is 502 g/mol. The summed E-state index contributed by atoms with van der Waals surface area (Å²) < 4.78 is 2.27. The van der Waals surface area contributed by atoms with E-state index < -0.39 is 5.97 Å². The molecular weight excluding hydrogens is 460 g/mol. The number of imidazole rings is 1. The van der Waals surface area contributed by atoms with Gasteiger partial charge in [-0.15, -0.1) is 0 Å². The van der Waals surface area contributed by atoms with Crippen molar-refractivity contribution < 1.29 is 9.90 Å². The van der Waals surface area contributed by atoms with Gasteiger partial charge in [0.05, 0.1) is 17.8 Å². The van der Waals surface area contributed by atoms with Crippen molar-refractivity contribution in [3.63, 3.8) is 0 Å². The van der Waals surface area contributed by atoms with Crippen molar-refractivity contribution in [3.05, 3.63) is 76.4 Å². The number of carbonyl (C=O) groups is 1. The molecule has 0 amide bonds. The van der Waals surface area contributed by atoms with Gasteiger partial charge >= 0.3 is 5.97 Å². The molecule has 0 aliphatic heterocycles. The molecule has 4 N–H and O–H groups in total. The summed E-state index contributed by atoms with van der Waals surface area (Å²) in [7, 11) is 1.84. The fourth-order valence-corrected chi connectivity index (χ4v) is 5.96. The molecule has 1 atom stereocenters. The predicted molar refractivity (Wildman–Crippen MR) is 151 cm³/mol. The molecule has 198 valence electrons. The van der Waals surface area contributed by atoms with E-state index in [0.717, 1.165) is 47.1 Å². The third-order valence-electron chi connectivity index (χ3n) is 8.51. The Balaban J connectivity index is 1.60. The number of nitrogens with one attached hydrogen (secondary N) is 1. The van der Waals surface area contributed by atoms with E-state index in [0.29, 0.717) is 11.6 Å². The Morgan fingerprint density at radius 3 is 2.57 bits per heavy atom. The molecule has 0 bridgehead atoms. The van der Waals surface area contributed by atoms with Crippen LogP contribution in [0.1, 0.15) is 85.0 Å². The van der Waals surface area contributed by atoms with Crippen LogP contribution in [-0.2, 0) is 17.8 Å². The number of carboxylic acids is 1. The van der Waals surface area contributed by atoms with E-state index in [4.69, 9.17) is 10.7 Å². The van der Waals surface area contributed by atoms with Crippen molar-refractivity contribution in [1.29, 1.82) is 0 Å². The molecular formula is C31H42N4O2. The second kappa shape index (κ2) is 11.8. The molecule has 37 heavy (non-hydrogen) atoms. The SMILES string of the molecule is CCC1CCC(Cc2nccn2Cc2cc(C(CC(=O)O)c3ccc(NC)c(N)c3C)ccc2C)CC1. The highest BCUT2D eigenvalue weighted by Gasteiger charge is 2.24. The summed E-state index contributed by atoms with van der Waals surface area (Å²) in [5.74, 6) is 1.66. The van der Waals surface area contributed by atoms with Crippen molar-refractivity contribution in [2.24, 2.45) is 11.8 Å². The highest BCUT2D eigenvalue weighted by atomic mass is 16.4. The lowest BCUT2D eigenvalue weighted by Crippen LogP contribution is -2.18. The van der Waals surface area contributed by atoms with Crippen LogP contribution in [0.2, 0.25) is 0 Å². The standard InChI is InChI=1S/C31H42N4O2/c1-5-22-7-9-23(10-8-22)16-29-34-14-15-35(29)19-25-17-24(11-6-20(25)2)27(18-30(36)37)26-12-13-28(33-4)31(32)21(26)3/h6,11-15,17,22-23,27,33H,5,7-10,16,18-19,32H2,1-4H3,(H,36,37). The van der Waals surface area contributed by atoms with Crippen molar-refractivity contribution >= 4 is 17.3 Å². The first-order valence-electron chi connectivity index (χ1n) is 13.7. The first kappa shape index (κ1) is 26.8. The maximum absolute atomic E-state index is 11.9. The quantitative estimate of drug-likeness (QED) is 0.274. The summed E-state index contributed by atoms with van der Waals surface area (Å²) in [6.45, 7) is 7.14. The third-order valence-corrected chi connectivity index (χ3v) is 8.51. The zero-order chi connectivity index (χ0) is 26.5. The van der Waals surface area contributed by atoms with E-state index in [9.17, 15) is 9.90 Å². The zero-order valence-corrected chi connectivity index (χ0v) is 22.8. The second-order valence-electron chi connectivity index (χ2n) is 10.8. The summed E-state index contributed by atoms with van der Waals surface area (Å²) in [6.07, 6.45) is 11.6. The average Bonchev–Trinajstić information content (AvgIpc) is 3.32. The Kier molecular flexibility index (Phi) is 8.57. The Morgan fingerprint density at radius 1 is 1.16 bits per heavy atom. The van der Waals surface area contributed by atoms with Gasteiger partial charge in [0, 0.05) is 38.3 Å². The molecule has 3 aromatic rings. The molecule has 6 heteroatoms. The molecule has 1 unspecified atom stereocenters. The number of anilines is 2. The fourth-order valence-electron chi connectivity index (χ4n) is 5.96. The minimum absolute atomic E-state index is 0.0123. The number of hydrogen-bond donors (Lipinski definition) is 3. The van der Waals surface area contributed by atoms with E-state index in [1.165, 1.54) is 43.2 Å². The summed E-state index contributed by atoms with van der Waals surface area (Å²) in [5, 5.41) is 12.9. The van der Waals surface area contributed by atoms with Gasteiger partial charge in [-0.1, -0.05) is 50.5 Å². The van der Waals surface area contributed by atoms with Gasteiger partial charge < -0.3 is 20.7 Å². The van der Waals surface area contributed by atoms with Gasteiger partial charge in [0.2, 0.25) is 0 Å². The summed E-state index contributed by atoms with van der Waals surface area (Å²) in [6, 6.07) is 10.3. The first-order valence-corrected chi connectivity index (χ1v) is 13.7. The van der Waals surface area contributed by atoms with Crippen LogP contribution >= 0.6 is 0 Å². The smallest absolute Gasteiger partial charge is 0.304 e. The van der Waals surface area contributed by atoms with Gasteiger partial charge in [-0.3, -0.25) is 4.79 Å². The Bertz CT molecular complexity index is 1220. The van der Waals surface area contributed by atoms with Gasteiger partial charge in [0.25, 0.3) is 0 Å². The molecule has 0 saturated heterocycles. The Morgan fingerprint density at radius 2 is 1.89 bits per heavy atom. The number of benzene rings is 2. The van der Waals surface area contributed by atoms with Crippen molar-refractivity contribution in [3.8, 4) is 0 Å². The van der Waals surface area contributed by atoms with E-state index in [1.54, 1.807) is 0 Å². The van der Waals surface area contributed by atoms with E-state index in [2.05, 4.69) is 48.1 Å². The molecule has 1 aliphatic rings. The van der Waals surface area contributed by atoms with E-state index in [-0.39, 0.29) is 12.3 Å². The molecule has 1 saturated carbocycles. The lowest BCUT2D eigenvalue weighted by Gasteiger charge is -2.27. The van der Waals surface area contributed by atoms with Crippen LogP contribution in [0.15, 0.2) is 42.7 Å². The highest BCUT2D eigenvalue weighted by Crippen LogP contribution is 2.36. The number of aromatic nitrogens is 2. The Labute approximate surface area is 221 Å². The van der Waals surface area contributed by atoms with Crippen LogP contribution in [0, 0.1) is 25.7 Å². The highest BCUT2D eigenvalue weighted by molar-refractivity contribution is 5.74. The number of rotatable bonds is 10. The average molecular weight is 503 g/mol. The predicted octanol–water partition coefficient (Wildman–Crippen LogP) is 6.54. The molecule has 1 heterocycles. The largest absolute Gasteiger partial charge is 0.481 e. The second-order valence-corrected chi connectivity index (χ2v) is 10.8. The zero-order valence-electron chi connectivity index (χ0n) is 22.8. The van der Waals surface area contributed by atoms with Crippen molar-refractivity contribution in [1.82, 2.24) is 9.55 Å². The minimum Gasteiger partial charge on any atom is -0.481 e. The Hall–Kier alpha value is -3.28. The maximum Gasteiger partial charge on any atom is 0.304 e. The van der Waals surface area contributed by atoms with Gasteiger partial charge in [-0.2, -0.15) is 0 Å². The van der Waals surface area contributed by atoms with Gasteiger partial charge in [-0.05, 0) is 72.4 Å². The van der Waals surface area contributed by atoms with Gasteiger partial charge in [0.1, 0.15) is 5.82 Å². The fraction of sp³-hybridized carbons (Fsp3) is 0.484.